The molecule has 0 radical (unpaired) electrons. The molecule has 2 aromatic heterocycles. The Morgan fingerprint density at radius 2 is 1.84 bits per heavy atom. The molecule has 4 aromatic rings. The number of amides is 1. The molecule has 2 N–H and O–H groups in total. The van der Waals surface area contributed by atoms with Gasteiger partial charge in [0.25, 0.3) is 0 Å². The first-order valence-electron chi connectivity index (χ1n) is 9.76. The summed E-state index contributed by atoms with van der Waals surface area (Å²) in [6.07, 6.45) is 0. The van der Waals surface area contributed by atoms with Crippen molar-refractivity contribution in [3.05, 3.63) is 76.7 Å². The largest absolute Gasteiger partial charge is 0.507 e. The number of rotatable bonds is 7. The molecule has 6 nitrogen and oxygen atoms in total. The van der Waals surface area contributed by atoms with Crippen molar-refractivity contribution in [3.8, 4) is 22.1 Å². The van der Waals surface area contributed by atoms with Crippen LogP contribution in [-0.4, -0.2) is 31.5 Å². The Labute approximate surface area is 189 Å². The highest BCUT2D eigenvalue weighted by Crippen LogP contribution is 2.30. The van der Waals surface area contributed by atoms with Crippen LogP contribution in [0.4, 0.5) is 0 Å². The van der Waals surface area contributed by atoms with E-state index in [-0.39, 0.29) is 11.7 Å². The average molecular weight is 451 g/mol. The van der Waals surface area contributed by atoms with Crippen molar-refractivity contribution in [2.45, 2.75) is 25.5 Å². The second-order valence-corrected chi connectivity index (χ2v) is 8.99. The van der Waals surface area contributed by atoms with E-state index in [1.165, 1.54) is 11.8 Å². The van der Waals surface area contributed by atoms with Crippen molar-refractivity contribution in [3.63, 3.8) is 0 Å². The number of phenolic OH excluding ortho intramolecular Hbond substituents is 1. The zero-order valence-corrected chi connectivity index (χ0v) is 18.8. The van der Waals surface area contributed by atoms with E-state index < -0.39 is 0 Å². The second-order valence-electron chi connectivity index (χ2n) is 7.10. The summed E-state index contributed by atoms with van der Waals surface area (Å²) in [5.41, 5.74) is 3.51. The van der Waals surface area contributed by atoms with Gasteiger partial charge in [-0.2, -0.15) is 0 Å². The summed E-state index contributed by atoms with van der Waals surface area (Å²) in [6.45, 7) is 4.11. The molecule has 4 rings (SSSR count). The number of nitrogens with one attached hydrogen (secondary N) is 1. The number of carbonyl (C=O) groups excluding carboxylic acids is 1. The zero-order chi connectivity index (χ0) is 21.8. The van der Waals surface area contributed by atoms with Crippen LogP contribution in [0.25, 0.3) is 16.4 Å². The molecule has 0 aliphatic rings. The fourth-order valence-corrected chi connectivity index (χ4v) is 4.75. The van der Waals surface area contributed by atoms with Gasteiger partial charge in [-0.1, -0.05) is 48.2 Å². The molecule has 2 aromatic carbocycles. The Bertz CT molecular complexity index is 1160. The van der Waals surface area contributed by atoms with Crippen molar-refractivity contribution < 1.29 is 9.90 Å². The van der Waals surface area contributed by atoms with Crippen LogP contribution in [0.2, 0.25) is 0 Å². The third kappa shape index (κ3) is 4.81. The number of phenols is 1. The Morgan fingerprint density at radius 3 is 2.52 bits per heavy atom. The van der Waals surface area contributed by atoms with Gasteiger partial charge in [0, 0.05) is 12.2 Å². The van der Waals surface area contributed by atoms with Gasteiger partial charge >= 0.3 is 0 Å². The van der Waals surface area contributed by atoms with Crippen LogP contribution in [0.15, 0.2) is 65.1 Å². The number of thiophene rings is 1. The van der Waals surface area contributed by atoms with Gasteiger partial charge in [0.05, 0.1) is 10.6 Å². The maximum Gasteiger partial charge on any atom is 0.230 e. The molecule has 0 aliphatic carbocycles. The zero-order valence-electron chi connectivity index (χ0n) is 17.2. The molecule has 8 heteroatoms. The van der Waals surface area contributed by atoms with E-state index in [0.29, 0.717) is 17.5 Å². The van der Waals surface area contributed by atoms with Crippen LogP contribution in [0.1, 0.15) is 16.7 Å². The summed E-state index contributed by atoms with van der Waals surface area (Å²) >= 11 is 2.96. The molecule has 0 bridgehead atoms. The molecular formula is C23H22N4O2S2. The number of para-hydroxylation sites is 1. The summed E-state index contributed by atoms with van der Waals surface area (Å²) in [6, 6.07) is 17.7. The van der Waals surface area contributed by atoms with Gasteiger partial charge in [0.2, 0.25) is 5.91 Å². The average Bonchev–Trinajstić information content (AvgIpc) is 3.44. The number of aromatic nitrogens is 3. The lowest BCUT2D eigenvalue weighted by Crippen LogP contribution is -2.24. The molecule has 1 amide bonds. The lowest BCUT2D eigenvalue weighted by molar-refractivity contribution is -0.118. The molecule has 0 unspecified atom stereocenters. The normalized spacial score (nSPS) is 10.9. The lowest BCUT2D eigenvalue weighted by Gasteiger charge is -2.10. The van der Waals surface area contributed by atoms with Crippen LogP contribution >= 0.6 is 23.1 Å². The van der Waals surface area contributed by atoms with Crippen molar-refractivity contribution in [1.82, 2.24) is 20.1 Å². The van der Waals surface area contributed by atoms with Crippen molar-refractivity contribution >= 4 is 29.0 Å². The monoisotopic (exact) mass is 450 g/mol. The van der Waals surface area contributed by atoms with E-state index in [2.05, 4.69) is 15.5 Å². The Balaban J connectivity index is 1.47. The predicted molar refractivity (Wildman–Crippen MR) is 125 cm³/mol. The Morgan fingerprint density at radius 1 is 1.10 bits per heavy atom. The number of nitrogens with zero attached hydrogens (tertiary/aromatic N) is 3. The third-order valence-corrected chi connectivity index (χ3v) is 6.56. The minimum atomic E-state index is -0.0892. The van der Waals surface area contributed by atoms with Crippen LogP contribution < -0.4 is 5.32 Å². The Hall–Kier alpha value is -3.10. The molecule has 31 heavy (non-hydrogen) atoms. The van der Waals surface area contributed by atoms with Crippen molar-refractivity contribution in [2.24, 2.45) is 0 Å². The standard InChI is InChI=1S/C23H22N4O2S2/c1-15-11-17(12-16(2)21(15)29)13-24-20(28)14-31-23-26-25-22(19-9-6-10-30-19)27(23)18-7-4-3-5-8-18/h3-12,29H,13-14H2,1-2H3,(H,24,28). The smallest absolute Gasteiger partial charge is 0.230 e. The lowest BCUT2D eigenvalue weighted by atomic mass is 10.1. The van der Waals surface area contributed by atoms with Gasteiger partial charge in [-0.25, -0.2) is 0 Å². The molecule has 158 valence electrons. The molecule has 2 heterocycles. The molecule has 0 atom stereocenters. The third-order valence-electron chi connectivity index (χ3n) is 4.76. The SMILES string of the molecule is Cc1cc(CNC(=O)CSc2nnc(-c3cccs3)n2-c2ccccc2)cc(C)c1O. The highest BCUT2D eigenvalue weighted by molar-refractivity contribution is 7.99. The summed E-state index contributed by atoms with van der Waals surface area (Å²) in [4.78, 5) is 13.5. The van der Waals surface area contributed by atoms with Crippen LogP contribution in [0.3, 0.4) is 0 Å². The number of aromatic hydroxyl groups is 1. The van der Waals surface area contributed by atoms with Gasteiger partial charge in [0.15, 0.2) is 11.0 Å². The number of benzene rings is 2. The second kappa shape index (κ2) is 9.36. The molecule has 0 saturated heterocycles. The maximum atomic E-state index is 12.5. The van der Waals surface area contributed by atoms with Crippen LogP contribution in [-0.2, 0) is 11.3 Å². The Kier molecular flexibility index (Phi) is 6.39. The summed E-state index contributed by atoms with van der Waals surface area (Å²) < 4.78 is 1.98. The summed E-state index contributed by atoms with van der Waals surface area (Å²) in [7, 11) is 0. The summed E-state index contributed by atoms with van der Waals surface area (Å²) in [5.74, 6) is 1.20. The quantitative estimate of drug-likeness (QED) is 0.398. The maximum absolute atomic E-state index is 12.5. The van der Waals surface area contributed by atoms with E-state index >= 15 is 0 Å². The molecule has 0 saturated carbocycles. The first-order chi connectivity index (χ1) is 15.0. The van der Waals surface area contributed by atoms with E-state index in [1.54, 1.807) is 11.3 Å². The van der Waals surface area contributed by atoms with Gasteiger partial charge in [-0.05, 0) is 54.1 Å². The van der Waals surface area contributed by atoms with Gasteiger partial charge in [-0.15, -0.1) is 21.5 Å². The fourth-order valence-electron chi connectivity index (χ4n) is 3.27. The number of aryl methyl sites for hydroxylation is 2. The number of carbonyl (C=O) groups is 1. The molecule has 0 aliphatic heterocycles. The van der Waals surface area contributed by atoms with E-state index in [4.69, 9.17) is 0 Å². The molecule has 0 fully saturated rings. The fraction of sp³-hybridized carbons (Fsp3) is 0.174. The predicted octanol–water partition coefficient (Wildman–Crippen LogP) is 4.73. The highest BCUT2D eigenvalue weighted by atomic mass is 32.2. The van der Waals surface area contributed by atoms with Crippen molar-refractivity contribution in [1.29, 1.82) is 0 Å². The van der Waals surface area contributed by atoms with Gasteiger partial charge < -0.3 is 10.4 Å². The first-order valence-corrected chi connectivity index (χ1v) is 11.6. The number of hydrogen-bond donors (Lipinski definition) is 2. The minimum Gasteiger partial charge on any atom is -0.507 e. The number of hydrogen-bond acceptors (Lipinski definition) is 6. The van der Waals surface area contributed by atoms with Crippen molar-refractivity contribution in [2.75, 3.05) is 5.75 Å². The van der Waals surface area contributed by atoms with Crippen LogP contribution in [0.5, 0.6) is 5.75 Å². The van der Waals surface area contributed by atoms with Gasteiger partial charge in [0.1, 0.15) is 5.75 Å². The minimum absolute atomic E-state index is 0.0892. The van der Waals surface area contributed by atoms with E-state index in [0.717, 1.165) is 33.1 Å². The molecular weight excluding hydrogens is 428 g/mol. The van der Waals surface area contributed by atoms with Gasteiger partial charge in [-0.3, -0.25) is 9.36 Å². The first kappa shape index (κ1) is 21.1. The van der Waals surface area contributed by atoms with Crippen LogP contribution in [0, 0.1) is 13.8 Å². The number of thioether (sulfide) groups is 1. The van der Waals surface area contributed by atoms with E-state index in [1.807, 2.05) is 78.4 Å². The van der Waals surface area contributed by atoms with E-state index in [9.17, 15) is 9.90 Å². The highest BCUT2D eigenvalue weighted by Gasteiger charge is 2.17. The summed E-state index contributed by atoms with van der Waals surface area (Å²) in [5, 5.41) is 24.2. The topological polar surface area (TPSA) is 80.0 Å². The molecule has 0 spiro atoms.